The van der Waals surface area contributed by atoms with Gasteiger partial charge < -0.3 is 20.4 Å². The van der Waals surface area contributed by atoms with E-state index in [4.69, 9.17) is 10.2 Å². The second-order valence-corrected chi connectivity index (χ2v) is 6.64. The molecule has 0 aliphatic carbocycles. The fraction of sp³-hybridized carbons (Fsp3) is 0.267. The first kappa shape index (κ1) is 17.3. The zero-order valence-electron chi connectivity index (χ0n) is 13.3. The molecule has 1 amide bonds. The molecule has 0 bridgehead atoms. The predicted molar refractivity (Wildman–Crippen MR) is 90.5 cm³/mol. The number of nitrogens with two attached hydrogens (primary N) is 1. The third-order valence-corrected chi connectivity index (χ3v) is 4.34. The van der Waals surface area contributed by atoms with Crippen LogP contribution in [0.15, 0.2) is 33.3 Å². The van der Waals surface area contributed by atoms with Crippen molar-refractivity contribution in [2.24, 2.45) is 0 Å². The van der Waals surface area contributed by atoms with Gasteiger partial charge in [0.15, 0.2) is 0 Å². The molecule has 2 aromatic rings. The van der Waals surface area contributed by atoms with Crippen molar-refractivity contribution >= 4 is 39.1 Å². The van der Waals surface area contributed by atoms with Crippen molar-refractivity contribution in [1.82, 2.24) is 15.1 Å². The zero-order chi connectivity index (χ0) is 18.4. The largest absolute Gasteiger partial charge is 0.404 e. The third kappa shape index (κ3) is 3.09. The molecule has 10 heteroatoms. The van der Waals surface area contributed by atoms with E-state index in [2.05, 4.69) is 31.4 Å². The maximum Gasteiger partial charge on any atom is 0.313 e. The van der Waals surface area contributed by atoms with Gasteiger partial charge in [-0.2, -0.15) is 0 Å². The molecule has 7 nitrogen and oxygen atoms in total. The van der Waals surface area contributed by atoms with Gasteiger partial charge in [0.1, 0.15) is 11.9 Å². The predicted octanol–water partition coefficient (Wildman–Crippen LogP) is 2.58. The van der Waals surface area contributed by atoms with Gasteiger partial charge in [0.2, 0.25) is 11.6 Å². The zero-order valence-corrected chi connectivity index (χ0v) is 14.8. The maximum absolute atomic E-state index is 15.3. The summed E-state index contributed by atoms with van der Waals surface area (Å²) >= 11 is 3.15. The summed E-state index contributed by atoms with van der Waals surface area (Å²) < 4.78 is 35.1. The molecule has 25 heavy (non-hydrogen) atoms. The Morgan fingerprint density at radius 1 is 1.44 bits per heavy atom. The van der Waals surface area contributed by atoms with Gasteiger partial charge in [-0.3, -0.25) is 4.79 Å². The number of carbonyl (C=O) groups is 1. The highest BCUT2D eigenvalue weighted by molar-refractivity contribution is 9.10. The molecule has 2 unspecified atom stereocenters. The number of nitrogen functional groups attached to an aromatic ring is 1. The lowest BCUT2D eigenvalue weighted by molar-refractivity contribution is -0.140. The highest BCUT2D eigenvalue weighted by Gasteiger charge is 2.50. The average molecular weight is 414 g/mol. The Labute approximate surface area is 150 Å². The fourth-order valence-corrected chi connectivity index (χ4v) is 2.94. The Hall–Kier alpha value is -2.49. The first-order valence-electron chi connectivity index (χ1n) is 7.19. The van der Waals surface area contributed by atoms with E-state index >= 15 is 4.39 Å². The number of halogens is 3. The van der Waals surface area contributed by atoms with E-state index < -0.39 is 23.4 Å². The van der Waals surface area contributed by atoms with Gasteiger partial charge in [0.05, 0.1) is 11.3 Å². The molecule has 3 rings (SSSR count). The number of rotatable bonds is 3. The number of alkyl halides is 1. The van der Waals surface area contributed by atoms with E-state index in [-0.39, 0.29) is 23.2 Å². The van der Waals surface area contributed by atoms with Crippen LogP contribution in [0.3, 0.4) is 0 Å². The van der Waals surface area contributed by atoms with Crippen molar-refractivity contribution in [1.29, 1.82) is 0 Å². The lowest BCUT2D eigenvalue weighted by Crippen LogP contribution is -2.55. The summed E-state index contributed by atoms with van der Waals surface area (Å²) in [5, 5.41) is 10.00. The van der Waals surface area contributed by atoms with Crippen LogP contribution in [0.5, 0.6) is 0 Å². The molecule has 1 aliphatic heterocycles. The molecule has 132 valence electrons. The highest BCUT2D eigenvalue weighted by Crippen LogP contribution is 2.37. The molecule has 1 aromatic heterocycles. The van der Waals surface area contributed by atoms with Crippen LogP contribution in [0.2, 0.25) is 0 Å². The summed E-state index contributed by atoms with van der Waals surface area (Å²) in [5.41, 5.74) is 3.24. The highest BCUT2D eigenvalue weighted by atomic mass is 79.9. The fourth-order valence-electron chi connectivity index (χ4n) is 2.61. The average Bonchev–Trinajstić information content (AvgIpc) is 2.96. The summed E-state index contributed by atoms with van der Waals surface area (Å²) in [6.07, 6.45) is 1.35. The van der Waals surface area contributed by atoms with Crippen LogP contribution in [0, 0.1) is 5.82 Å². The van der Waals surface area contributed by atoms with E-state index in [0.29, 0.717) is 4.47 Å². The van der Waals surface area contributed by atoms with Crippen molar-refractivity contribution in [2.45, 2.75) is 18.6 Å². The minimum Gasteiger partial charge on any atom is -0.404 e. The van der Waals surface area contributed by atoms with Crippen LogP contribution in [0.1, 0.15) is 12.8 Å². The molecule has 2 atom stereocenters. The van der Waals surface area contributed by atoms with Crippen LogP contribution in [-0.2, 0) is 4.79 Å². The molecule has 1 aromatic carbocycles. The number of nitrogens with one attached hydrogen (secondary N) is 1. The number of benzene rings is 1. The van der Waals surface area contributed by atoms with Crippen LogP contribution in [0.25, 0.3) is 5.57 Å². The SMILES string of the molecule is CN1C=C(c2nnc(N)o2)C(Nc2ccc(Br)cc2F)C(C)(F)C1=O. The lowest BCUT2D eigenvalue weighted by atomic mass is 9.87. The van der Waals surface area contributed by atoms with Crippen LogP contribution < -0.4 is 11.1 Å². The topological polar surface area (TPSA) is 97.3 Å². The second-order valence-electron chi connectivity index (χ2n) is 5.72. The molecular weight excluding hydrogens is 400 g/mol. The first-order valence-corrected chi connectivity index (χ1v) is 7.98. The number of aromatic nitrogens is 2. The molecule has 2 heterocycles. The van der Waals surface area contributed by atoms with Crippen LogP contribution in [-0.4, -0.2) is 39.8 Å². The van der Waals surface area contributed by atoms with Crippen molar-refractivity contribution in [3.05, 3.63) is 40.6 Å². The smallest absolute Gasteiger partial charge is 0.313 e. The molecule has 0 saturated carbocycles. The number of carbonyl (C=O) groups excluding carboxylic acids is 1. The van der Waals surface area contributed by atoms with Crippen molar-refractivity contribution in [2.75, 3.05) is 18.1 Å². The Kier molecular flexibility index (Phi) is 4.23. The lowest BCUT2D eigenvalue weighted by Gasteiger charge is -2.37. The molecule has 1 aliphatic rings. The van der Waals surface area contributed by atoms with Crippen molar-refractivity contribution < 1.29 is 18.0 Å². The van der Waals surface area contributed by atoms with Crippen molar-refractivity contribution in [3.63, 3.8) is 0 Å². The number of amides is 1. The maximum atomic E-state index is 15.3. The Morgan fingerprint density at radius 2 is 2.16 bits per heavy atom. The molecule has 0 radical (unpaired) electrons. The Balaban J connectivity index is 2.07. The normalized spacial score (nSPS) is 23.6. The Bertz CT molecular complexity index is 867. The van der Waals surface area contributed by atoms with Gasteiger partial charge in [-0.25, -0.2) is 8.78 Å². The van der Waals surface area contributed by atoms with Crippen LogP contribution in [0.4, 0.5) is 20.5 Å². The number of anilines is 2. The summed E-state index contributed by atoms with van der Waals surface area (Å²) in [7, 11) is 1.40. The summed E-state index contributed by atoms with van der Waals surface area (Å²) in [5.74, 6) is -1.46. The quantitative estimate of drug-likeness (QED) is 0.802. The first-order chi connectivity index (χ1) is 11.7. The monoisotopic (exact) mass is 413 g/mol. The molecule has 0 saturated heterocycles. The summed E-state index contributed by atoms with van der Waals surface area (Å²) in [6.45, 7) is 1.10. The molecule has 3 N–H and O–H groups in total. The number of nitrogens with zero attached hydrogens (tertiary/aromatic N) is 3. The molecule has 0 fully saturated rings. The van der Waals surface area contributed by atoms with Crippen LogP contribution >= 0.6 is 15.9 Å². The minimum atomic E-state index is -2.39. The third-order valence-electron chi connectivity index (χ3n) is 3.84. The van der Waals surface area contributed by atoms with Gasteiger partial charge in [-0.05, 0) is 25.1 Å². The van der Waals surface area contributed by atoms with Gasteiger partial charge >= 0.3 is 6.01 Å². The Morgan fingerprint density at radius 3 is 2.76 bits per heavy atom. The van der Waals surface area contributed by atoms with E-state index in [0.717, 1.165) is 11.8 Å². The summed E-state index contributed by atoms with van der Waals surface area (Å²) in [6, 6.07) is 2.78. The van der Waals surface area contributed by atoms with E-state index in [1.54, 1.807) is 6.07 Å². The van der Waals surface area contributed by atoms with Gasteiger partial charge in [-0.1, -0.05) is 21.0 Å². The minimum absolute atomic E-state index is 0.0211. The van der Waals surface area contributed by atoms with Gasteiger partial charge in [0, 0.05) is 17.7 Å². The van der Waals surface area contributed by atoms with Gasteiger partial charge in [0.25, 0.3) is 5.91 Å². The number of hydrogen-bond donors (Lipinski definition) is 2. The van der Waals surface area contributed by atoms with E-state index in [1.807, 2.05) is 0 Å². The van der Waals surface area contributed by atoms with Gasteiger partial charge in [-0.15, -0.1) is 5.10 Å². The van der Waals surface area contributed by atoms with E-state index in [1.165, 1.54) is 25.4 Å². The second kappa shape index (κ2) is 6.10. The summed E-state index contributed by atoms with van der Waals surface area (Å²) in [4.78, 5) is 13.3. The number of hydrogen-bond acceptors (Lipinski definition) is 6. The standard InChI is InChI=1S/C15H14BrF2N5O2/c1-15(18)11(20-10-4-3-7(16)5-9(10)17)8(6-23(2)13(15)24)12-21-22-14(19)25-12/h3-6,11,20H,1-2H3,(H2,19,22). The van der Waals surface area contributed by atoms with Crippen molar-refractivity contribution in [3.8, 4) is 0 Å². The molecule has 0 spiro atoms. The molecular formula is C15H14BrF2N5O2. The van der Waals surface area contributed by atoms with E-state index in [9.17, 15) is 9.18 Å².